The summed E-state index contributed by atoms with van der Waals surface area (Å²) in [4.78, 5) is 4.70. The van der Waals surface area contributed by atoms with Crippen LogP contribution in [0.2, 0.25) is 5.02 Å². The van der Waals surface area contributed by atoms with Gasteiger partial charge < -0.3 is 0 Å². The molecule has 0 radical (unpaired) electrons. The van der Waals surface area contributed by atoms with Gasteiger partial charge in [0.15, 0.2) is 0 Å². The lowest BCUT2D eigenvalue weighted by molar-refractivity contribution is 1.32. The molecule has 0 aliphatic heterocycles. The van der Waals surface area contributed by atoms with Crippen molar-refractivity contribution in [2.45, 2.75) is 0 Å². The lowest BCUT2D eigenvalue weighted by Crippen LogP contribution is -1.87. The van der Waals surface area contributed by atoms with E-state index in [9.17, 15) is 0 Å². The van der Waals surface area contributed by atoms with E-state index in [0.29, 0.717) is 0 Å². The van der Waals surface area contributed by atoms with E-state index >= 15 is 0 Å². The Labute approximate surface area is 117 Å². The summed E-state index contributed by atoms with van der Waals surface area (Å²) in [6, 6.07) is 24.0. The molecule has 0 spiro atoms. The average Bonchev–Trinajstić information content (AvgIpc) is 2.49. The van der Waals surface area contributed by atoms with Crippen molar-refractivity contribution in [2.75, 3.05) is 0 Å². The SMILES string of the molecule is Clc1ccc(-c2cccc(-c3ccccc3)n2)cc1. The van der Waals surface area contributed by atoms with Gasteiger partial charge >= 0.3 is 0 Å². The fourth-order valence-electron chi connectivity index (χ4n) is 1.99. The minimum absolute atomic E-state index is 0.739. The molecule has 0 aliphatic rings. The van der Waals surface area contributed by atoms with Crippen molar-refractivity contribution in [3.8, 4) is 22.5 Å². The Bertz CT molecular complexity index is 675. The lowest BCUT2D eigenvalue weighted by Gasteiger charge is -2.05. The Balaban J connectivity index is 2.03. The van der Waals surface area contributed by atoms with Gasteiger partial charge in [-0.05, 0) is 24.3 Å². The topological polar surface area (TPSA) is 12.9 Å². The summed E-state index contributed by atoms with van der Waals surface area (Å²) >= 11 is 5.91. The van der Waals surface area contributed by atoms with Crippen molar-refractivity contribution in [2.24, 2.45) is 0 Å². The number of nitrogens with zero attached hydrogens (tertiary/aromatic N) is 1. The fourth-order valence-corrected chi connectivity index (χ4v) is 2.11. The number of rotatable bonds is 2. The van der Waals surface area contributed by atoms with Gasteiger partial charge in [-0.15, -0.1) is 0 Å². The van der Waals surface area contributed by atoms with E-state index in [2.05, 4.69) is 12.1 Å². The molecular formula is C17H12ClN. The molecule has 3 rings (SSSR count). The zero-order valence-electron chi connectivity index (χ0n) is 10.3. The molecule has 0 N–H and O–H groups in total. The predicted octanol–water partition coefficient (Wildman–Crippen LogP) is 5.07. The second kappa shape index (κ2) is 5.25. The first kappa shape index (κ1) is 11.9. The molecule has 1 nitrogen and oxygen atoms in total. The fraction of sp³-hybridized carbons (Fsp3) is 0. The van der Waals surface area contributed by atoms with Crippen molar-refractivity contribution >= 4 is 11.6 Å². The first-order valence-electron chi connectivity index (χ1n) is 6.11. The highest BCUT2D eigenvalue weighted by molar-refractivity contribution is 6.30. The van der Waals surface area contributed by atoms with E-state index in [0.717, 1.165) is 27.5 Å². The van der Waals surface area contributed by atoms with Crippen LogP contribution in [0.15, 0.2) is 72.8 Å². The van der Waals surface area contributed by atoms with Crippen LogP contribution in [0, 0.1) is 0 Å². The molecule has 2 heteroatoms. The Kier molecular flexibility index (Phi) is 3.30. The monoisotopic (exact) mass is 265 g/mol. The Hall–Kier alpha value is -2.12. The van der Waals surface area contributed by atoms with Crippen LogP contribution in [0.1, 0.15) is 0 Å². The Morgan fingerprint density at radius 2 is 1.16 bits per heavy atom. The zero-order valence-corrected chi connectivity index (χ0v) is 11.0. The highest BCUT2D eigenvalue weighted by Crippen LogP contribution is 2.23. The van der Waals surface area contributed by atoms with E-state index in [4.69, 9.17) is 16.6 Å². The quantitative estimate of drug-likeness (QED) is 0.630. The third-order valence-corrected chi connectivity index (χ3v) is 3.21. The van der Waals surface area contributed by atoms with E-state index in [1.807, 2.05) is 60.7 Å². The number of benzene rings is 2. The summed E-state index contributed by atoms with van der Waals surface area (Å²) in [5.41, 5.74) is 4.13. The second-order valence-corrected chi connectivity index (χ2v) is 4.72. The third-order valence-electron chi connectivity index (χ3n) is 2.96. The van der Waals surface area contributed by atoms with Crippen LogP contribution in [0.5, 0.6) is 0 Å². The molecule has 0 amide bonds. The van der Waals surface area contributed by atoms with Gasteiger partial charge in [-0.1, -0.05) is 60.1 Å². The van der Waals surface area contributed by atoms with Gasteiger partial charge in [0.2, 0.25) is 0 Å². The van der Waals surface area contributed by atoms with Gasteiger partial charge in [0, 0.05) is 16.1 Å². The highest BCUT2D eigenvalue weighted by atomic mass is 35.5. The first-order chi connectivity index (χ1) is 9.33. The third kappa shape index (κ3) is 2.67. The van der Waals surface area contributed by atoms with Crippen LogP contribution in [0.25, 0.3) is 22.5 Å². The molecule has 1 aromatic heterocycles. The number of halogens is 1. The van der Waals surface area contributed by atoms with Crippen LogP contribution in [0.3, 0.4) is 0 Å². The summed E-state index contributed by atoms with van der Waals surface area (Å²) < 4.78 is 0. The number of aromatic nitrogens is 1. The van der Waals surface area contributed by atoms with Gasteiger partial charge in [0.05, 0.1) is 11.4 Å². The van der Waals surface area contributed by atoms with Gasteiger partial charge in [0.1, 0.15) is 0 Å². The van der Waals surface area contributed by atoms with Gasteiger partial charge in [-0.3, -0.25) is 0 Å². The largest absolute Gasteiger partial charge is 0.248 e. The normalized spacial score (nSPS) is 10.4. The molecule has 0 fully saturated rings. The summed E-state index contributed by atoms with van der Waals surface area (Å²) in [6.07, 6.45) is 0. The van der Waals surface area contributed by atoms with Crippen LogP contribution in [0.4, 0.5) is 0 Å². The molecule has 0 saturated heterocycles. The minimum Gasteiger partial charge on any atom is -0.248 e. The van der Waals surface area contributed by atoms with E-state index in [1.54, 1.807) is 0 Å². The smallest absolute Gasteiger partial charge is 0.0709 e. The summed E-state index contributed by atoms with van der Waals surface area (Å²) in [7, 11) is 0. The van der Waals surface area contributed by atoms with Crippen LogP contribution in [-0.4, -0.2) is 4.98 Å². The van der Waals surface area contributed by atoms with Crippen molar-refractivity contribution in [3.63, 3.8) is 0 Å². The molecule has 2 aromatic carbocycles. The molecule has 0 bridgehead atoms. The van der Waals surface area contributed by atoms with Crippen molar-refractivity contribution in [1.29, 1.82) is 0 Å². The maximum Gasteiger partial charge on any atom is 0.0709 e. The Morgan fingerprint density at radius 3 is 1.79 bits per heavy atom. The van der Waals surface area contributed by atoms with Crippen molar-refractivity contribution in [1.82, 2.24) is 4.98 Å². The molecule has 0 saturated carbocycles. The predicted molar refractivity (Wildman–Crippen MR) is 80.1 cm³/mol. The molecule has 0 unspecified atom stereocenters. The molecule has 1 heterocycles. The first-order valence-corrected chi connectivity index (χ1v) is 6.49. The number of hydrogen-bond donors (Lipinski definition) is 0. The molecular weight excluding hydrogens is 254 g/mol. The molecule has 3 aromatic rings. The summed E-state index contributed by atoms with van der Waals surface area (Å²) in [5, 5.41) is 0.739. The molecule has 19 heavy (non-hydrogen) atoms. The van der Waals surface area contributed by atoms with Crippen LogP contribution < -0.4 is 0 Å². The highest BCUT2D eigenvalue weighted by Gasteiger charge is 2.02. The molecule has 0 atom stereocenters. The van der Waals surface area contributed by atoms with Gasteiger partial charge in [-0.25, -0.2) is 4.98 Å². The van der Waals surface area contributed by atoms with E-state index < -0.39 is 0 Å². The van der Waals surface area contributed by atoms with Crippen molar-refractivity contribution in [3.05, 3.63) is 77.8 Å². The van der Waals surface area contributed by atoms with Gasteiger partial charge in [0.25, 0.3) is 0 Å². The standard InChI is InChI=1S/C17H12ClN/c18-15-11-9-14(10-12-15)17-8-4-7-16(19-17)13-5-2-1-3-6-13/h1-12H. The van der Waals surface area contributed by atoms with E-state index in [-0.39, 0.29) is 0 Å². The number of hydrogen-bond acceptors (Lipinski definition) is 1. The minimum atomic E-state index is 0.739. The summed E-state index contributed by atoms with van der Waals surface area (Å²) in [5.74, 6) is 0. The van der Waals surface area contributed by atoms with Crippen molar-refractivity contribution < 1.29 is 0 Å². The average molecular weight is 266 g/mol. The number of pyridine rings is 1. The van der Waals surface area contributed by atoms with E-state index in [1.165, 1.54) is 0 Å². The maximum absolute atomic E-state index is 5.91. The molecule has 0 aliphatic carbocycles. The maximum atomic E-state index is 5.91. The molecule has 92 valence electrons. The van der Waals surface area contributed by atoms with Crippen LogP contribution in [-0.2, 0) is 0 Å². The van der Waals surface area contributed by atoms with Gasteiger partial charge in [-0.2, -0.15) is 0 Å². The lowest BCUT2D eigenvalue weighted by atomic mass is 10.1. The van der Waals surface area contributed by atoms with Crippen LogP contribution >= 0.6 is 11.6 Å². The Morgan fingerprint density at radius 1 is 0.579 bits per heavy atom. The zero-order chi connectivity index (χ0) is 13.1. The second-order valence-electron chi connectivity index (χ2n) is 4.28. The summed E-state index contributed by atoms with van der Waals surface area (Å²) in [6.45, 7) is 0.